The minimum absolute atomic E-state index is 0.123. The van der Waals surface area contributed by atoms with Crippen molar-refractivity contribution in [3.63, 3.8) is 0 Å². The first kappa shape index (κ1) is 18.3. The predicted molar refractivity (Wildman–Crippen MR) is 61.6 cm³/mol. The molecule has 0 aliphatic heterocycles. The Balaban J connectivity index is 3.78. The number of halogens is 8. The molecule has 0 saturated carbocycles. The Morgan fingerprint density at radius 1 is 1.24 bits per heavy atom. The molecule has 0 aromatic carbocycles. The molecular formula is C8H3BrClF6NO3S. The second-order valence-corrected chi connectivity index (χ2v) is 6.45. The van der Waals surface area contributed by atoms with E-state index in [1.165, 1.54) is 0 Å². The highest BCUT2D eigenvalue weighted by Gasteiger charge is 2.45. The van der Waals surface area contributed by atoms with Crippen molar-refractivity contribution in [1.82, 2.24) is 4.98 Å². The lowest BCUT2D eigenvalue weighted by Gasteiger charge is -2.18. The van der Waals surface area contributed by atoms with Crippen molar-refractivity contribution < 1.29 is 39.5 Å². The van der Waals surface area contributed by atoms with Gasteiger partial charge in [-0.1, -0.05) is 15.9 Å². The van der Waals surface area contributed by atoms with E-state index in [2.05, 4.69) is 25.7 Å². The van der Waals surface area contributed by atoms with Gasteiger partial charge < -0.3 is 4.74 Å². The average molecular weight is 423 g/mol. The zero-order valence-electron chi connectivity index (χ0n) is 9.39. The summed E-state index contributed by atoms with van der Waals surface area (Å²) in [5.41, 5.74) is -2.87. The van der Waals surface area contributed by atoms with Crippen LogP contribution in [0, 0.1) is 0 Å². The third-order valence-corrected chi connectivity index (χ3v) is 3.87. The number of hydrogen-bond acceptors (Lipinski definition) is 4. The maximum Gasteiger partial charge on any atom is 0.573 e. The average Bonchev–Trinajstić information content (AvgIpc) is 2.23. The first-order valence-electron chi connectivity index (χ1n) is 4.63. The molecule has 13 heteroatoms. The van der Waals surface area contributed by atoms with E-state index in [9.17, 15) is 34.8 Å². The molecule has 120 valence electrons. The molecule has 0 N–H and O–H groups in total. The van der Waals surface area contributed by atoms with Gasteiger partial charge in [0.05, 0.1) is 11.9 Å². The second kappa shape index (κ2) is 5.80. The van der Waals surface area contributed by atoms with E-state index in [4.69, 9.17) is 10.7 Å². The maximum absolute atomic E-state index is 12.9. The molecule has 0 amide bonds. The lowest BCUT2D eigenvalue weighted by atomic mass is 10.2. The van der Waals surface area contributed by atoms with E-state index in [-0.39, 0.29) is 6.20 Å². The lowest BCUT2D eigenvalue weighted by Crippen LogP contribution is -2.22. The van der Waals surface area contributed by atoms with E-state index in [0.29, 0.717) is 0 Å². The summed E-state index contributed by atoms with van der Waals surface area (Å²) in [6.45, 7) is 0. The summed E-state index contributed by atoms with van der Waals surface area (Å²) >= 11 is 2.67. The van der Waals surface area contributed by atoms with Gasteiger partial charge in [0, 0.05) is 16.0 Å². The number of aromatic nitrogens is 1. The molecular weight excluding hydrogens is 420 g/mol. The molecule has 1 rings (SSSR count). The predicted octanol–water partition coefficient (Wildman–Crippen LogP) is 3.82. The number of rotatable bonds is 3. The van der Waals surface area contributed by atoms with E-state index in [0.717, 1.165) is 0 Å². The molecule has 0 spiro atoms. The van der Waals surface area contributed by atoms with Crippen LogP contribution in [-0.4, -0.2) is 19.8 Å². The number of hydrogen-bond donors (Lipinski definition) is 0. The molecule has 0 bridgehead atoms. The molecule has 0 fully saturated rings. The molecule has 21 heavy (non-hydrogen) atoms. The number of ether oxygens (including phenoxy) is 1. The van der Waals surface area contributed by atoms with Gasteiger partial charge in [-0.05, 0) is 0 Å². The monoisotopic (exact) mass is 421 g/mol. The Kier molecular flexibility index (Phi) is 5.05. The van der Waals surface area contributed by atoms with E-state index in [1.807, 2.05) is 0 Å². The summed E-state index contributed by atoms with van der Waals surface area (Å²) in [7, 11) is -0.154. The third kappa shape index (κ3) is 4.61. The Morgan fingerprint density at radius 2 is 1.76 bits per heavy atom. The summed E-state index contributed by atoms with van der Waals surface area (Å²) < 4.78 is 101. The Hall–Kier alpha value is -0.750. The molecule has 0 radical (unpaired) electrons. The van der Waals surface area contributed by atoms with Crippen LogP contribution in [0.25, 0.3) is 0 Å². The van der Waals surface area contributed by atoms with Crippen LogP contribution in [-0.2, 0) is 20.6 Å². The lowest BCUT2D eigenvalue weighted by molar-refractivity contribution is -0.276. The normalized spacial score (nSPS) is 13.3. The highest BCUT2D eigenvalue weighted by molar-refractivity contribution is 9.08. The summed E-state index contributed by atoms with van der Waals surface area (Å²) in [5.74, 6) is -1.81. The van der Waals surface area contributed by atoms with Crippen LogP contribution in [0.1, 0.15) is 11.3 Å². The molecule has 1 heterocycles. The Bertz CT molecular complexity index is 645. The van der Waals surface area contributed by atoms with Gasteiger partial charge in [-0.15, -0.1) is 13.2 Å². The molecule has 0 aliphatic rings. The van der Waals surface area contributed by atoms with Crippen molar-refractivity contribution in [2.24, 2.45) is 0 Å². The SMILES string of the molecule is O=S(=O)(Cl)c1c(CBr)ncc(OC(F)(F)F)c1C(F)(F)F. The summed E-state index contributed by atoms with van der Waals surface area (Å²) in [6.07, 6.45) is -10.8. The Morgan fingerprint density at radius 3 is 2.10 bits per heavy atom. The van der Waals surface area contributed by atoms with Crippen molar-refractivity contribution >= 4 is 35.7 Å². The van der Waals surface area contributed by atoms with E-state index < -0.39 is 48.8 Å². The van der Waals surface area contributed by atoms with Crippen LogP contribution < -0.4 is 4.74 Å². The maximum atomic E-state index is 12.9. The van der Waals surface area contributed by atoms with Gasteiger partial charge in [-0.2, -0.15) is 13.2 Å². The number of alkyl halides is 7. The van der Waals surface area contributed by atoms with Crippen molar-refractivity contribution in [3.8, 4) is 5.75 Å². The quantitative estimate of drug-likeness (QED) is 0.422. The summed E-state index contributed by atoms with van der Waals surface area (Å²) in [4.78, 5) is 1.60. The first-order chi connectivity index (χ1) is 9.27. The fourth-order valence-corrected chi connectivity index (χ4v) is 3.32. The molecule has 0 saturated heterocycles. The van der Waals surface area contributed by atoms with Gasteiger partial charge >= 0.3 is 12.5 Å². The molecule has 0 aliphatic carbocycles. The number of pyridine rings is 1. The highest BCUT2D eigenvalue weighted by atomic mass is 79.9. The number of nitrogens with zero attached hydrogens (tertiary/aromatic N) is 1. The summed E-state index contributed by atoms with van der Waals surface area (Å²) in [5, 5.41) is -0.482. The van der Waals surface area contributed by atoms with Crippen LogP contribution in [0.2, 0.25) is 0 Å². The highest BCUT2D eigenvalue weighted by Crippen LogP contribution is 2.44. The van der Waals surface area contributed by atoms with Gasteiger partial charge in [-0.25, -0.2) is 8.42 Å². The molecule has 1 aromatic rings. The van der Waals surface area contributed by atoms with Crippen LogP contribution in [0.5, 0.6) is 5.75 Å². The first-order valence-corrected chi connectivity index (χ1v) is 8.06. The zero-order valence-corrected chi connectivity index (χ0v) is 12.5. The van der Waals surface area contributed by atoms with Crippen molar-refractivity contribution in [3.05, 3.63) is 17.5 Å². The van der Waals surface area contributed by atoms with Gasteiger partial charge in [0.25, 0.3) is 9.05 Å². The van der Waals surface area contributed by atoms with Crippen LogP contribution in [0.3, 0.4) is 0 Å². The molecule has 4 nitrogen and oxygen atoms in total. The van der Waals surface area contributed by atoms with E-state index in [1.54, 1.807) is 0 Å². The summed E-state index contributed by atoms with van der Waals surface area (Å²) in [6, 6.07) is 0. The fraction of sp³-hybridized carbons (Fsp3) is 0.375. The molecule has 1 aromatic heterocycles. The van der Waals surface area contributed by atoms with Crippen LogP contribution >= 0.6 is 26.6 Å². The third-order valence-electron chi connectivity index (χ3n) is 1.95. The Labute approximate surface area is 126 Å². The van der Waals surface area contributed by atoms with Crippen molar-refractivity contribution in [1.29, 1.82) is 0 Å². The molecule has 0 atom stereocenters. The van der Waals surface area contributed by atoms with Gasteiger partial charge in [0.2, 0.25) is 0 Å². The van der Waals surface area contributed by atoms with Crippen LogP contribution in [0.4, 0.5) is 26.3 Å². The van der Waals surface area contributed by atoms with Crippen molar-refractivity contribution in [2.45, 2.75) is 22.8 Å². The van der Waals surface area contributed by atoms with Gasteiger partial charge in [-0.3, -0.25) is 4.98 Å². The minimum atomic E-state index is -5.47. The van der Waals surface area contributed by atoms with Crippen molar-refractivity contribution in [2.75, 3.05) is 0 Å². The fourth-order valence-electron chi connectivity index (χ4n) is 1.34. The second-order valence-electron chi connectivity index (χ2n) is 3.39. The largest absolute Gasteiger partial charge is 0.573 e. The van der Waals surface area contributed by atoms with Gasteiger partial charge in [0.1, 0.15) is 10.5 Å². The standard InChI is InChI=1S/C8H3BrClF6NO3S/c9-1-3-6(21(10,18)19)5(7(11,12)13)4(2-17-3)20-8(14,15)16/h2H,1H2. The topological polar surface area (TPSA) is 56.3 Å². The van der Waals surface area contributed by atoms with Crippen LogP contribution in [0.15, 0.2) is 11.1 Å². The van der Waals surface area contributed by atoms with Gasteiger partial charge in [0.15, 0.2) is 5.75 Å². The van der Waals surface area contributed by atoms with E-state index >= 15 is 0 Å². The zero-order chi connectivity index (χ0) is 16.6. The smallest absolute Gasteiger partial charge is 0.403 e. The minimum Gasteiger partial charge on any atom is -0.403 e. The molecule has 0 unspecified atom stereocenters.